The molecule has 6 N–H and O–H groups in total. The van der Waals surface area contributed by atoms with Crippen LogP contribution < -0.4 is 0 Å². The van der Waals surface area contributed by atoms with Crippen LogP contribution in [0.4, 0.5) is 0 Å². The van der Waals surface area contributed by atoms with Crippen molar-refractivity contribution < 1.29 is 63.9 Å². The normalized spacial score (nSPS) is 45.4. The molecule has 2 fully saturated rings. The summed E-state index contributed by atoms with van der Waals surface area (Å²) in [4.78, 5) is 22.7. The van der Waals surface area contributed by atoms with Gasteiger partial charge in [0.25, 0.3) is 0 Å². The summed E-state index contributed by atoms with van der Waals surface area (Å²) in [5.41, 5.74) is 0. The first-order chi connectivity index (χ1) is 12.6. The van der Waals surface area contributed by atoms with Gasteiger partial charge in [-0.25, -0.2) is 9.59 Å². The number of ether oxygens (including phenoxy) is 5. The molecule has 0 spiro atoms. The molecule has 0 aromatic rings. The van der Waals surface area contributed by atoms with E-state index in [2.05, 4.69) is 0 Å². The van der Waals surface area contributed by atoms with Gasteiger partial charge in [0.2, 0.25) is 0 Å². The van der Waals surface area contributed by atoms with E-state index in [9.17, 15) is 40.2 Å². The van der Waals surface area contributed by atoms with Crippen molar-refractivity contribution >= 4 is 11.9 Å². The fraction of sp³-hybridized carbons (Fsp3) is 0.857. The predicted octanol–water partition coefficient (Wildman–Crippen LogP) is -3.90. The molecule has 0 aliphatic carbocycles. The molecule has 0 bridgehead atoms. The Balaban J connectivity index is 2.27. The second-order valence-corrected chi connectivity index (χ2v) is 6.02. The average Bonchev–Trinajstić information content (AvgIpc) is 2.61. The Morgan fingerprint density at radius 2 is 1.26 bits per heavy atom. The number of aliphatic carboxylic acids is 2. The van der Waals surface area contributed by atoms with E-state index in [1.807, 2.05) is 0 Å². The van der Waals surface area contributed by atoms with Crippen molar-refractivity contribution in [3.63, 3.8) is 0 Å². The van der Waals surface area contributed by atoms with E-state index in [4.69, 9.17) is 23.7 Å². The zero-order valence-corrected chi connectivity index (χ0v) is 14.3. The Labute approximate surface area is 152 Å². The Bertz CT molecular complexity index is 541. The molecule has 2 heterocycles. The Kier molecular flexibility index (Phi) is 7.07. The van der Waals surface area contributed by atoms with Gasteiger partial charge < -0.3 is 54.3 Å². The van der Waals surface area contributed by atoms with E-state index in [1.54, 1.807) is 0 Å². The molecule has 156 valence electrons. The first-order valence-corrected chi connectivity index (χ1v) is 7.83. The Morgan fingerprint density at radius 1 is 0.741 bits per heavy atom. The maximum Gasteiger partial charge on any atom is 0.335 e. The molecule has 2 rings (SSSR count). The monoisotopic (exact) mass is 398 g/mol. The van der Waals surface area contributed by atoms with Gasteiger partial charge in [0.15, 0.2) is 24.8 Å². The molecular weight excluding hydrogens is 376 g/mol. The van der Waals surface area contributed by atoms with Gasteiger partial charge in [-0.05, 0) is 0 Å². The lowest BCUT2D eigenvalue weighted by Gasteiger charge is -2.45. The highest BCUT2D eigenvalue weighted by Gasteiger charge is 2.54. The lowest BCUT2D eigenvalue weighted by atomic mass is 9.96. The van der Waals surface area contributed by atoms with Gasteiger partial charge in [0.05, 0.1) is 0 Å². The molecule has 2 saturated heterocycles. The number of methoxy groups -OCH3 is 2. The van der Waals surface area contributed by atoms with Crippen molar-refractivity contribution in [3.8, 4) is 0 Å². The van der Waals surface area contributed by atoms with Crippen LogP contribution in [0.5, 0.6) is 0 Å². The molecular formula is C14H22O13. The van der Waals surface area contributed by atoms with Gasteiger partial charge in [-0.2, -0.15) is 0 Å². The SMILES string of the molecule is COC1C(O)C(O)[C@@H](O[C@H]2C(C(=O)O)OC(O)[C@@H](O)[C@H]2OC)O[C@H]1C(=O)O. The van der Waals surface area contributed by atoms with Gasteiger partial charge in [-0.15, -0.1) is 0 Å². The van der Waals surface area contributed by atoms with Crippen molar-refractivity contribution in [1.82, 2.24) is 0 Å². The van der Waals surface area contributed by atoms with Crippen LogP contribution >= 0.6 is 0 Å². The molecule has 13 heteroatoms. The van der Waals surface area contributed by atoms with Crippen LogP contribution in [0, 0.1) is 0 Å². The summed E-state index contributed by atoms with van der Waals surface area (Å²) in [5, 5.41) is 58.3. The Hall–Kier alpha value is -1.42. The number of hydrogen-bond donors (Lipinski definition) is 6. The first-order valence-electron chi connectivity index (χ1n) is 7.83. The van der Waals surface area contributed by atoms with Crippen LogP contribution in [0.1, 0.15) is 0 Å². The van der Waals surface area contributed by atoms with Gasteiger partial charge in [0.1, 0.15) is 36.6 Å². The van der Waals surface area contributed by atoms with Gasteiger partial charge >= 0.3 is 11.9 Å². The van der Waals surface area contributed by atoms with E-state index in [-0.39, 0.29) is 0 Å². The molecule has 0 amide bonds. The van der Waals surface area contributed by atoms with Crippen molar-refractivity contribution in [2.45, 2.75) is 61.4 Å². The number of carbonyl (C=O) groups is 2. The minimum absolute atomic E-state index is 1.11. The molecule has 2 aliphatic heterocycles. The van der Waals surface area contributed by atoms with Crippen LogP contribution in [0.2, 0.25) is 0 Å². The molecule has 2 aliphatic rings. The standard InChI is InChI=1S/C14H22O13/c1-23-6-3(15)4(16)14(27-9(6)11(18)19)26-8-7(24-2)5(17)13(22)25-10(8)12(20)21/h3-10,13-17,22H,1-2H3,(H,18,19)(H,20,21)/t3?,4?,5-,6?,7+,8+,9+,10?,13?,14-/m0/s1. The highest BCUT2D eigenvalue weighted by molar-refractivity contribution is 5.74. The van der Waals surface area contributed by atoms with Crippen LogP contribution in [-0.2, 0) is 33.3 Å². The number of aliphatic hydroxyl groups excluding tert-OH is 4. The van der Waals surface area contributed by atoms with Crippen LogP contribution in [0.25, 0.3) is 0 Å². The molecule has 13 nitrogen and oxygen atoms in total. The lowest BCUT2D eigenvalue weighted by Crippen LogP contribution is -2.66. The van der Waals surface area contributed by atoms with E-state index >= 15 is 0 Å². The van der Waals surface area contributed by atoms with Crippen molar-refractivity contribution in [1.29, 1.82) is 0 Å². The van der Waals surface area contributed by atoms with Gasteiger partial charge in [-0.1, -0.05) is 0 Å². The number of carboxylic acid groups (broad SMARTS) is 2. The molecule has 0 radical (unpaired) electrons. The van der Waals surface area contributed by atoms with Crippen LogP contribution in [0.3, 0.4) is 0 Å². The summed E-state index contributed by atoms with van der Waals surface area (Å²) in [6.45, 7) is 0. The second kappa shape index (κ2) is 8.72. The van der Waals surface area contributed by atoms with Gasteiger partial charge in [0, 0.05) is 14.2 Å². The van der Waals surface area contributed by atoms with E-state index in [0.717, 1.165) is 14.2 Å². The fourth-order valence-corrected chi connectivity index (χ4v) is 3.02. The fourth-order valence-electron chi connectivity index (χ4n) is 3.02. The summed E-state index contributed by atoms with van der Waals surface area (Å²) in [5.74, 6) is -3.10. The molecule has 5 unspecified atom stereocenters. The number of hydrogen-bond acceptors (Lipinski definition) is 11. The summed E-state index contributed by atoms with van der Waals surface area (Å²) in [6.07, 6.45) is -17.0. The third-order valence-electron chi connectivity index (χ3n) is 4.40. The highest BCUT2D eigenvalue weighted by atomic mass is 16.7. The highest BCUT2D eigenvalue weighted by Crippen LogP contribution is 2.30. The Morgan fingerprint density at radius 3 is 1.74 bits per heavy atom. The lowest BCUT2D eigenvalue weighted by molar-refractivity contribution is -0.349. The average molecular weight is 398 g/mol. The van der Waals surface area contributed by atoms with Crippen molar-refractivity contribution in [2.75, 3.05) is 14.2 Å². The zero-order valence-electron chi connectivity index (χ0n) is 14.3. The quantitative estimate of drug-likeness (QED) is 0.254. The largest absolute Gasteiger partial charge is 0.479 e. The topological polar surface area (TPSA) is 202 Å². The van der Waals surface area contributed by atoms with Gasteiger partial charge in [-0.3, -0.25) is 0 Å². The molecule has 0 saturated carbocycles. The summed E-state index contributed by atoms with van der Waals surface area (Å²) in [6, 6.07) is 0. The number of rotatable bonds is 6. The molecule has 0 aromatic carbocycles. The molecule has 0 aromatic heterocycles. The van der Waals surface area contributed by atoms with Crippen molar-refractivity contribution in [2.24, 2.45) is 0 Å². The third-order valence-corrected chi connectivity index (χ3v) is 4.40. The van der Waals surface area contributed by atoms with Crippen LogP contribution in [-0.4, -0.2) is 118 Å². The summed E-state index contributed by atoms with van der Waals surface area (Å²) >= 11 is 0. The number of aliphatic hydroxyl groups is 4. The minimum atomic E-state index is -1.89. The third kappa shape index (κ3) is 4.21. The minimum Gasteiger partial charge on any atom is -0.479 e. The second-order valence-electron chi connectivity index (χ2n) is 6.02. The summed E-state index contributed by atoms with van der Waals surface area (Å²) < 4.78 is 25.0. The van der Waals surface area contributed by atoms with Crippen molar-refractivity contribution in [3.05, 3.63) is 0 Å². The van der Waals surface area contributed by atoms with E-state index in [1.165, 1.54) is 0 Å². The van der Waals surface area contributed by atoms with E-state index < -0.39 is 73.4 Å². The molecule has 10 atom stereocenters. The summed E-state index contributed by atoms with van der Waals surface area (Å²) in [7, 11) is 2.21. The predicted molar refractivity (Wildman–Crippen MR) is 79.3 cm³/mol. The maximum absolute atomic E-state index is 11.4. The van der Waals surface area contributed by atoms with E-state index in [0.29, 0.717) is 0 Å². The smallest absolute Gasteiger partial charge is 0.335 e. The van der Waals surface area contributed by atoms with Crippen LogP contribution in [0.15, 0.2) is 0 Å². The zero-order chi connectivity index (χ0) is 20.5. The first kappa shape index (κ1) is 21.9. The molecule has 27 heavy (non-hydrogen) atoms. The number of carboxylic acids is 2. The maximum atomic E-state index is 11.4.